The quantitative estimate of drug-likeness (QED) is 0.780. The summed E-state index contributed by atoms with van der Waals surface area (Å²) in [5.74, 6) is -0.379. The zero-order valence-electron chi connectivity index (χ0n) is 10.5. The molecular formula is C13H10N4O3. The Morgan fingerprint density at radius 1 is 1.35 bits per heavy atom. The molecule has 2 aromatic heterocycles. The average Bonchev–Trinajstić information content (AvgIpc) is 3.07. The first-order chi connectivity index (χ1) is 9.63. The number of carboxylic acid groups (broad SMARTS) is 1. The van der Waals surface area contributed by atoms with Gasteiger partial charge < -0.3 is 9.63 Å². The first-order valence-corrected chi connectivity index (χ1v) is 5.81. The predicted octanol–water partition coefficient (Wildman–Crippen LogP) is 1.84. The Morgan fingerprint density at radius 3 is 2.90 bits per heavy atom. The van der Waals surface area contributed by atoms with E-state index in [0.717, 1.165) is 0 Å². The molecule has 20 heavy (non-hydrogen) atoms. The van der Waals surface area contributed by atoms with E-state index in [4.69, 9.17) is 9.63 Å². The topological polar surface area (TPSA) is 94.0 Å². The summed E-state index contributed by atoms with van der Waals surface area (Å²) in [6.45, 7) is 0. The summed E-state index contributed by atoms with van der Waals surface area (Å²) >= 11 is 0. The van der Waals surface area contributed by atoms with Crippen LogP contribution in [0.1, 0.15) is 10.4 Å². The molecule has 1 aromatic carbocycles. The van der Waals surface area contributed by atoms with Crippen LogP contribution in [-0.4, -0.2) is 31.0 Å². The molecule has 0 saturated heterocycles. The molecule has 0 aliphatic rings. The second kappa shape index (κ2) is 4.61. The Kier molecular flexibility index (Phi) is 2.79. The molecule has 0 unspecified atom stereocenters. The minimum Gasteiger partial charge on any atom is -0.478 e. The summed E-state index contributed by atoms with van der Waals surface area (Å²) in [5, 5.41) is 17.0. The van der Waals surface area contributed by atoms with Gasteiger partial charge in [-0.2, -0.15) is 10.1 Å². The van der Waals surface area contributed by atoms with E-state index >= 15 is 0 Å². The van der Waals surface area contributed by atoms with Crippen LogP contribution in [0.5, 0.6) is 0 Å². The molecule has 0 amide bonds. The number of hydrogen-bond acceptors (Lipinski definition) is 5. The maximum absolute atomic E-state index is 10.9. The summed E-state index contributed by atoms with van der Waals surface area (Å²) in [6, 6.07) is 8.11. The number of aryl methyl sites for hydroxylation is 1. The highest BCUT2D eigenvalue weighted by Gasteiger charge is 2.13. The van der Waals surface area contributed by atoms with Crippen molar-refractivity contribution in [2.45, 2.75) is 0 Å². The van der Waals surface area contributed by atoms with E-state index in [1.165, 1.54) is 12.1 Å². The minimum absolute atomic E-state index is 0.173. The molecule has 3 aromatic rings. The third kappa shape index (κ3) is 2.16. The molecule has 0 spiro atoms. The third-order valence-corrected chi connectivity index (χ3v) is 2.73. The Labute approximate surface area is 113 Å². The van der Waals surface area contributed by atoms with Crippen molar-refractivity contribution in [3.05, 3.63) is 42.1 Å². The summed E-state index contributed by atoms with van der Waals surface area (Å²) in [7, 11) is 1.79. The third-order valence-electron chi connectivity index (χ3n) is 2.73. The van der Waals surface area contributed by atoms with Gasteiger partial charge >= 0.3 is 5.97 Å². The van der Waals surface area contributed by atoms with Crippen molar-refractivity contribution in [2.24, 2.45) is 7.05 Å². The Balaban J connectivity index is 1.98. The van der Waals surface area contributed by atoms with Crippen LogP contribution in [0.15, 0.2) is 41.1 Å². The lowest BCUT2D eigenvalue weighted by Crippen LogP contribution is -1.96. The van der Waals surface area contributed by atoms with Gasteiger partial charge in [0.2, 0.25) is 5.82 Å². The number of benzene rings is 1. The van der Waals surface area contributed by atoms with Crippen molar-refractivity contribution in [3.63, 3.8) is 0 Å². The first kappa shape index (κ1) is 12.1. The highest BCUT2D eigenvalue weighted by molar-refractivity contribution is 5.89. The van der Waals surface area contributed by atoms with Crippen molar-refractivity contribution in [1.82, 2.24) is 19.9 Å². The Hall–Kier alpha value is -2.96. The van der Waals surface area contributed by atoms with Gasteiger partial charge in [-0.3, -0.25) is 4.68 Å². The van der Waals surface area contributed by atoms with Crippen molar-refractivity contribution in [3.8, 4) is 23.0 Å². The molecule has 0 saturated carbocycles. The van der Waals surface area contributed by atoms with E-state index in [9.17, 15) is 4.79 Å². The van der Waals surface area contributed by atoms with E-state index in [1.807, 2.05) is 0 Å². The molecule has 0 aliphatic carbocycles. The first-order valence-electron chi connectivity index (χ1n) is 5.81. The van der Waals surface area contributed by atoms with E-state index in [0.29, 0.717) is 23.0 Å². The normalized spacial score (nSPS) is 10.7. The second-order valence-electron chi connectivity index (χ2n) is 4.18. The number of carboxylic acids is 1. The average molecular weight is 270 g/mol. The van der Waals surface area contributed by atoms with Gasteiger partial charge in [0.05, 0.1) is 5.56 Å². The fourth-order valence-corrected chi connectivity index (χ4v) is 1.77. The molecule has 1 N–H and O–H groups in total. The zero-order chi connectivity index (χ0) is 14.1. The number of aromatic nitrogens is 4. The van der Waals surface area contributed by atoms with Crippen LogP contribution in [0.2, 0.25) is 0 Å². The van der Waals surface area contributed by atoms with Crippen LogP contribution in [-0.2, 0) is 7.05 Å². The molecule has 2 heterocycles. The molecular weight excluding hydrogens is 260 g/mol. The molecule has 0 bridgehead atoms. The lowest BCUT2D eigenvalue weighted by atomic mass is 10.1. The fourth-order valence-electron chi connectivity index (χ4n) is 1.77. The lowest BCUT2D eigenvalue weighted by Gasteiger charge is -1.96. The summed E-state index contributed by atoms with van der Waals surface area (Å²) < 4.78 is 6.76. The molecule has 0 radical (unpaired) electrons. The van der Waals surface area contributed by atoms with Crippen molar-refractivity contribution in [1.29, 1.82) is 0 Å². The largest absolute Gasteiger partial charge is 0.478 e. The molecule has 0 aliphatic heterocycles. The van der Waals surface area contributed by atoms with Crippen LogP contribution < -0.4 is 0 Å². The van der Waals surface area contributed by atoms with Crippen molar-refractivity contribution in [2.75, 3.05) is 0 Å². The van der Waals surface area contributed by atoms with Crippen molar-refractivity contribution >= 4 is 5.97 Å². The van der Waals surface area contributed by atoms with E-state index < -0.39 is 5.97 Å². The summed E-state index contributed by atoms with van der Waals surface area (Å²) in [4.78, 5) is 15.2. The number of carbonyl (C=O) groups is 1. The smallest absolute Gasteiger partial charge is 0.335 e. The number of nitrogens with zero attached hydrogens (tertiary/aromatic N) is 4. The van der Waals surface area contributed by atoms with E-state index in [-0.39, 0.29) is 5.56 Å². The van der Waals surface area contributed by atoms with Gasteiger partial charge in [-0.25, -0.2) is 4.79 Å². The van der Waals surface area contributed by atoms with Gasteiger partial charge in [0.1, 0.15) is 0 Å². The number of rotatable bonds is 3. The van der Waals surface area contributed by atoms with Gasteiger partial charge in [0.15, 0.2) is 5.69 Å². The fraction of sp³-hybridized carbons (Fsp3) is 0.0769. The minimum atomic E-state index is -1.000. The Morgan fingerprint density at radius 2 is 2.20 bits per heavy atom. The molecule has 0 atom stereocenters. The van der Waals surface area contributed by atoms with Gasteiger partial charge in [0.25, 0.3) is 5.89 Å². The van der Waals surface area contributed by atoms with Crippen LogP contribution in [0.4, 0.5) is 0 Å². The maximum Gasteiger partial charge on any atom is 0.335 e. The van der Waals surface area contributed by atoms with Gasteiger partial charge in [-0.1, -0.05) is 17.3 Å². The highest BCUT2D eigenvalue weighted by Crippen LogP contribution is 2.21. The maximum atomic E-state index is 10.9. The van der Waals surface area contributed by atoms with Gasteiger partial charge in [0, 0.05) is 18.8 Å². The second-order valence-corrected chi connectivity index (χ2v) is 4.18. The van der Waals surface area contributed by atoms with Gasteiger partial charge in [-0.15, -0.1) is 0 Å². The molecule has 0 fully saturated rings. The SMILES string of the molecule is Cn1ccc(-c2nc(-c3cccc(C(=O)O)c3)no2)n1. The summed E-state index contributed by atoms with van der Waals surface area (Å²) in [6.07, 6.45) is 1.77. The van der Waals surface area contributed by atoms with Gasteiger partial charge in [-0.05, 0) is 18.2 Å². The predicted molar refractivity (Wildman–Crippen MR) is 68.9 cm³/mol. The molecule has 7 nitrogen and oxygen atoms in total. The van der Waals surface area contributed by atoms with Crippen LogP contribution >= 0.6 is 0 Å². The highest BCUT2D eigenvalue weighted by atomic mass is 16.5. The monoisotopic (exact) mass is 270 g/mol. The van der Waals surface area contributed by atoms with Crippen molar-refractivity contribution < 1.29 is 14.4 Å². The molecule has 100 valence electrons. The summed E-state index contributed by atoms with van der Waals surface area (Å²) in [5.41, 5.74) is 1.32. The van der Waals surface area contributed by atoms with E-state index in [1.54, 1.807) is 36.1 Å². The molecule has 3 rings (SSSR count). The molecule has 7 heteroatoms. The van der Waals surface area contributed by atoms with Crippen LogP contribution in [0, 0.1) is 0 Å². The van der Waals surface area contributed by atoms with E-state index in [2.05, 4.69) is 15.2 Å². The number of aromatic carboxylic acids is 1. The standard InChI is InChI=1S/C13H10N4O3/c1-17-6-5-10(15-17)12-14-11(16-20-12)8-3-2-4-9(7-8)13(18)19/h2-7H,1H3,(H,18,19). The number of hydrogen-bond donors (Lipinski definition) is 1. The van der Waals surface area contributed by atoms with Crippen LogP contribution in [0.25, 0.3) is 23.0 Å². The van der Waals surface area contributed by atoms with Crippen LogP contribution in [0.3, 0.4) is 0 Å². The Bertz CT molecular complexity index is 775. The lowest BCUT2D eigenvalue weighted by molar-refractivity contribution is 0.0697. The zero-order valence-corrected chi connectivity index (χ0v) is 10.5.